The molecule has 92 valence electrons. The zero-order valence-corrected chi connectivity index (χ0v) is 11.2. The van der Waals surface area contributed by atoms with E-state index in [1.807, 2.05) is 0 Å². The standard InChI is InChI=1S/C16H28/c1-15-9-3-11-16(2,12-4-10-15)14-7-5-13(15)6-8-14/h13-14H,3-12H2,1-2H3. The van der Waals surface area contributed by atoms with Gasteiger partial charge >= 0.3 is 0 Å². The van der Waals surface area contributed by atoms with E-state index in [1.54, 1.807) is 25.7 Å². The summed E-state index contributed by atoms with van der Waals surface area (Å²) < 4.78 is 0. The van der Waals surface area contributed by atoms with Crippen LogP contribution in [0.25, 0.3) is 0 Å². The van der Waals surface area contributed by atoms with Gasteiger partial charge in [-0.1, -0.05) is 26.7 Å². The second-order valence-electron chi connectivity index (χ2n) is 7.56. The first-order chi connectivity index (χ1) is 7.62. The Kier molecular flexibility index (Phi) is 2.60. The predicted molar refractivity (Wildman–Crippen MR) is 69.4 cm³/mol. The third kappa shape index (κ3) is 1.64. The molecule has 6 saturated carbocycles. The summed E-state index contributed by atoms with van der Waals surface area (Å²) in [5.41, 5.74) is 1.44. The van der Waals surface area contributed by atoms with Crippen molar-refractivity contribution in [3.63, 3.8) is 0 Å². The topological polar surface area (TPSA) is 0 Å². The molecule has 0 aromatic carbocycles. The van der Waals surface area contributed by atoms with Gasteiger partial charge < -0.3 is 0 Å². The van der Waals surface area contributed by atoms with Crippen molar-refractivity contribution in [2.45, 2.75) is 78.1 Å². The van der Waals surface area contributed by atoms with Crippen LogP contribution in [0.2, 0.25) is 0 Å². The quantitative estimate of drug-likeness (QED) is 0.528. The molecule has 16 heavy (non-hydrogen) atoms. The molecule has 6 aliphatic rings. The molecule has 0 aromatic heterocycles. The van der Waals surface area contributed by atoms with Gasteiger partial charge in [0.15, 0.2) is 0 Å². The molecule has 0 heteroatoms. The fourth-order valence-corrected chi connectivity index (χ4v) is 5.35. The first-order valence-corrected chi connectivity index (χ1v) is 7.62. The van der Waals surface area contributed by atoms with E-state index in [1.165, 1.54) is 38.5 Å². The molecule has 0 radical (unpaired) electrons. The maximum Gasteiger partial charge on any atom is -0.0298 e. The van der Waals surface area contributed by atoms with Crippen LogP contribution in [0.5, 0.6) is 0 Å². The van der Waals surface area contributed by atoms with Crippen molar-refractivity contribution >= 4 is 0 Å². The molecule has 0 aliphatic heterocycles. The van der Waals surface area contributed by atoms with E-state index in [2.05, 4.69) is 13.8 Å². The Balaban J connectivity index is 1.97. The molecule has 0 nitrogen and oxygen atoms in total. The van der Waals surface area contributed by atoms with Crippen LogP contribution in [0.15, 0.2) is 0 Å². The molecule has 4 bridgehead atoms. The maximum absolute atomic E-state index is 2.62. The summed E-state index contributed by atoms with van der Waals surface area (Å²) in [5.74, 6) is 2.15. The van der Waals surface area contributed by atoms with E-state index in [4.69, 9.17) is 0 Å². The van der Waals surface area contributed by atoms with Crippen LogP contribution in [-0.2, 0) is 0 Å². The van der Waals surface area contributed by atoms with Gasteiger partial charge in [0, 0.05) is 0 Å². The zero-order chi connectivity index (χ0) is 11.2. The Morgan fingerprint density at radius 2 is 0.938 bits per heavy atom. The number of hydrogen-bond donors (Lipinski definition) is 0. The van der Waals surface area contributed by atoms with Crippen LogP contribution < -0.4 is 0 Å². The van der Waals surface area contributed by atoms with Crippen molar-refractivity contribution < 1.29 is 0 Å². The summed E-state index contributed by atoms with van der Waals surface area (Å²) in [6.07, 6.45) is 15.3. The smallest absolute Gasteiger partial charge is 0.0298 e. The second kappa shape index (κ2) is 3.75. The van der Waals surface area contributed by atoms with Gasteiger partial charge in [-0.05, 0) is 74.0 Å². The fraction of sp³-hybridized carbons (Fsp3) is 1.00. The second-order valence-corrected chi connectivity index (χ2v) is 7.56. The van der Waals surface area contributed by atoms with Crippen LogP contribution in [0.4, 0.5) is 0 Å². The van der Waals surface area contributed by atoms with Crippen LogP contribution in [0.1, 0.15) is 78.1 Å². The van der Waals surface area contributed by atoms with Crippen LogP contribution in [0.3, 0.4) is 0 Å². The highest BCUT2D eigenvalue weighted by Crippen LogP contribution is 2.57. The van der Waals surface area contributed by atoms with Gasteiger partial charge in [0.1, 0.15) is 0 Å². The van der Waals surface area contributed by atoms with Crippen molar-refractivity contribution in [3.8, 4) is 0 Å². The van der Waals surface area contributed by atoms with Gasteiger partial charge in [-0.3, -0.25) is 0 Å². The van der Waals surface area contributed by atoms with E-state index in [0.29, 0.717) is 0 Å². The van der Waals surface area contributed by atoms with E-state index >= 15 is 0 Å². The van der Waals surface area contributed by atoms with E-state index in [-0.39, 0.29) is 0 Å². The molecule has 6 rings (SSSR count). The Bertz CT molecular complexity index is 221. The molecule has 0 heterocycles. The number of hydrogen-bond acceptors (Lipinski definition) is 0. The fourth-order valence-electron chi connectivity index (χ4n) is 5.35. The lowest BCUT2D eigenvalue weighted by Gasteiger charge is -2.41. The molecule has 0 aromatic rings. The van der Waals surface area contributed by atoms with Gasteiger partial charge in [-0.15, -0.1) is 0 Å². The summed E-state index contributed by atoms with van der Waals surface area (Å²) in [5, 5.41) is 0. The maximum atomic E-state index is 2.62. The first-order valence-electron chi connectivity index (χ1n) is 7.62. The monoisotopic (exact) mass is 220 g/mol. The molecule has 0 atom stereocenters. The molecule has 0 N–H and O–H groups in total. The van der Waals surface area contributed by atoms with Gasteiger partial charge in [0.05, 0.1) is 0 Å². The molecule has 0 unspecified atom stereocenters. The molecular weight excluding hydrogens is 192 g/mol. The van der Waals surface area contributed by atoms with E-state index < -0.39 is 0 Å². The zero-order valence-electron chi connectivity index (χ0n) is 11.2. The third-order valence-electron chi connectivity index (χ3n) is 6.69. The van der Waals surface area contributed by atoms with Crippen molar-refractivity contribution in [1.29, 1.82) is 0 Å². The third-order valence-corrected chi connectivity index (χ3v) is 6.69. The van der Waals surface area contributed by atoms with E-state index in [9.17, 15) is 0 Å². The number of rotatable bonds is 0. The molecule has 0 spiro atoms. The summed E-state index contributed by atoms with van der Waals surface area (Å²) in [6, 6.07) is 0. The highest BCUT2D eigenvalue weighted by atomic mass is 14.5. The van der Waals surface area contributed by atoms with Crippen LogP contribution >= 0.6 is 0 Å². The first kappa shape index (κ1) is 11.1. The van der Waals surface area contributed by atoms with Crippen LogP contribution in [-0.4, -0.2) is 0 Å². The van der Waals surface area contributed by atoms with Gasteiger partial charge in [-0.25, -0.2) is 0 Å². The summed E-state index contributed by atoms with van der Waals surface area (Å²) in [7, 11) is 0. The van der Waals surface area contributed by atoms with Crippen LogP contribution in [0, 0.1) is 22.7 Å². The van der Waals surface area contributed by atoms with E-state index in [0.717, 1.165) is 22.7 Å². The van der Waals surface area contributed by atoms with Crippen molar-refractivity contribution in [1.82, 2.24) is 0 Å². The predicted octanol–water partition coefficient (Wildman–Crippen LogP) is 5.17. The summed E-state index contributed by atoms with van der Waals surface area (Å²) in [4.78, 5) is 0. The highest BCUT2D eigenvalue weighted by molar-refractivity contribution is 4.96. The minimum Gasteiger partial charge on any atom is -0.0594 e. The molecule has 0 amide bonds. The summed E-state index contributed by atoms with van der Waals surface area (Å²) in [6.45, 7) is 5.23. The lowest BCUT2D eigenvalue weighted by atomic mass is 9.64. The van der Waals surface area contributed by atoms with Crippen molar-refractivity contribution in [2.75, 3.05) is 0 Å². The lowest BCUT2D eigenvalue weighted by molar-refractivity contribution is 0.0970. The average Bonchev–Trinajstić information content (AvgIpc) is 2.38. The minimum absolute atomic E-state index is 0.719. The minimum atomic E-state index is 0.719. The molecular formula is C16H28. The average molecular weight is 220 g/mol. The Labute approximate surface area is 101 Å². The van der Waals surface area contributed by atoms with Crippen molar-refractivity contribution in [3.05, 3.63) is 0 Å². The lowest BCUT2D eigenvalue weighted by Crippen LogP contribution is -2.30. The van der Waals surface area contributed by atoms with Gasteiger partial charge in [-0.2, -0.15) is 0 Å². The Morgan fingerprint density at radius 1 is 0.625 bits per heavy atom. The van der Waals surface area contributed by atoms with Crippen molar-refractivity contribution in [2.24, 2.45) is 22.7 Å². The highest BCUT2D eigenvalue weighted by Gasteiger charge is 2.45. The summed E-state index contributed by atoms with van der Waals surface area (Å²) >= 11 is 0. The van der Waals surface area contributed by atoms with Gasteiger partial charge in [0.2, 0.25) is 0 Å². The Morgan fingerprint density at radius 3 is 1.25 bits per heavy atom. The largest absolute Gasteiger partial charge is 0.0594 e. The molecule has 6 fully saturated rings. The Hall–Kier alpha value is 0. The molecule has 6 aliphatic carbocycles. The van der Waals surface area contributed by atoms with Gasteiger partial charge in [0.25, 0.3) is 0 Å². The molecule has 0 saturated heterocycles. The normalized spacial score (nSPS) is 52.9. The SMILES string of the molecule is CC12CCCC(C)(CCC1)C1CCC2CC1.